The van der Waals surface area contributed by atoms with Crippen LogP contribution in [0.15, 0.2) is 42.5 Å². The van der Waals surface area contributed by atoms with Gasteiger partial charge in [-0.05, 0) is 36.1 Å². The minimum absolute atomic E-state index is 0.0443. The topological polar surface area (TPSA) is 66.7 Å². The quantitative estimate of drug-likeness (QED) is 0.599. The van der Waals surface area contributed by atoms with Gasteiger partial charge in [-0.2, -0.15) is 0 Å². The number of fused-ring (bicyclic) bond motifs is 1. The lowest BCUT2D eigenvalue weighted by atomic mass is 9.98. The first-order valence-electron chi connectivity index (χ1n) is 9.07. The molecule has 2 aliphatic heterocycles. The minimum Gasteiger partial charge on any atom is -0.337 e. The van der Waals surface area contributed by atoms with E-state index in [0.717, 1.165) is 25.9 Å². The molecule has 0 aromatic heterocycles. The molecule has 0 radical (unpaired) electrons. The molecule has 0 saturated carbocycles. The smallest absolute Gasteiger partial charge is 0.288 e. The van der Waals surface area contributed by atoms with Gasteiger partial charge in [0.15, 0.2) is 0 Å². The number of hydrogen-bond acceptors (Lipinski definition) is 4. The molecule has 2 aromatic rings. The number of carbonyl (C=O) groups excluding carboxylic acids is 1. The van der Waals surface area contributed by atoms with Gasteiger partial charge in [0.2, 0.25) is 0 Å². The summed E-state index contributed by atoms with van der Waals surface area (Å²) in [7, 11) is 0. The van der Waals surface area contributed by atoms with E-state index >= 15 is 0 Å². The lowest BCUT2D eigenvalue weighted by Gasteiger charge is -2.33. The van der Waals surface area contributed by atoms with Gasteiger partial charge in [0.1, 0.15) is 5.02 Å². The van der Waals surface area contributed by atoms with E-state index in [9.17, 15) is 14.9 Å². The van der Waals surface area contributed by atoms with Gasteiger partial charge in [-0.1, -0.05) is 35.9 Å². The number of rotatable bonds is 3. The molecule has 0 aliphatic carbocycles. The highest BCUT2D eigenvalue weighted by Crippen LogP contribution is 2.28. The van der Waals surface area contributed by atoms with Crippen molar-refractivity contribution in [2.75, 3.05) is 19.6 Å². The van der Waals surface area contributed by atoms with E-state index in [4.69, 9.17) is 11.6 Å². The van der Waals surface area contributed by atoms with Gasteiger partial charge in [-0.3, -0.25) is 19.8 Å². The Bertz CT molecular complexity index is 902. The maximum Gasteiger partial charge on any atom is 0.288 e. The highest BCUT2D eigenvalue weighted by Gasteiger charge is 2.32. The molecular formula is C20H20ClN3O3. The van der Waals surface area contributed by atoms with Crippen LogP contribution < -0.4 is 0 Å². The molecule has 7 heteroatoms. The molecule has 0 N–H and O–H groups in total. The van der Waals surface area contributed by atoms with Crippen molar-refractivity contribution in [1.82, 2.24) is 9.80 Å². The summed E-state index contributed by atoms with van der Waals surface area (Å²) in [5, 5.41) is 11.1. The van der Waals surface area contributed by atoms with Gasteiger partial charge in [0, 0.05) is 43.9 Å². The van der Waals surface area contributed by atoms with E-state index in [0.29, 0.717) is 24.7 Å². The summed E-state index contributed by atoms with van der Waals surface area (Å²) < 4.78 is 0. The highest BCUT2D eigenvalue weighted by atomic mass is 35.5. The Morgan fingerprint density at radius 1 is 1.15 bits per heavy atom. The summed E-state index contributed by atoms with van der Waals surface area (Å²) in [5.74, 6) is -0.172. The molecule has 6 nitrogen and oxygen atoms in total. The normalized spacial score (nSPS) is 19.7. The Morgan fingerprint density at radius 2 is 1.93 bits per heavy atom. The van der Waals surface area contributed by atoms with Gasteiger partial charge in [-0.25, -0.2) is 0 Å². The molecular weight excluding hydrogens is 366 g/mol. The number of nitro groups is 1. The molecule has 4 rings (SSSR count). The fourth-order valence-corrected chi connectivity index (χ4v) is 4.21. The predicted molar refractivity (Wildman–Crippen MR) is 103 cm³/mol. The van der Waals surface area contributed by atoms with E-state index in [1.807, 2.05) is 0 Å². The van der Waals surface area contributed by atoms with Crippen LogP contribution in [0.2, 0.25) is 5.02 Å². The zero-order valence-electron chi connectivity index (χ0n) is 14.8. The maximum absolute atomic E-state index is 12.8. The molecule has 140 valence electrons. The van der Waals surface area contributed by atoms with Gasteiger partial charge >= 0.3 is 0 Å². The second-order valence-corrected chi connectivity index (χ2v) is 7.51. The summed E-state index contributed by atoms with van der Waals surface area (Å²) in [5.41, 5.74) is 2.86. The number of nitrogens with zero attached hydrogens (tertiary/aromatic N) is 3. The number of nitro benzene ring substituents is 1. The van der Waals surface area contributed by atoms with Gasteiger partial charge in [-0.15, -0.1) is 0 Å². The van der Waals surface area contributed by atoms with Gasteiger partial charge < -0.3 is 4.90 Å². The number of carbonyl (C=O) groups is 1. The maximum atomic E-state index is 12.8. The fraction of sp³-hybridized carbons (Fsp3) is 0.350. The predicted octanol–water partition coefficient (Wildman–Crippen LogP) is 3.52. The van der Waals surface area contributed by atoms with Crippen LogP contribution in [0, 0.1) is 10.1 Å². The van der Waals surface area contributed by atoms with Crippen molar-refractivity contribution >= 4 is 23.2 Å². The zero-order chi connectivity index (χ0) is 19.0. The number of benzene rings is 2. The molecule has 0 unspecified atom stereocenters. The van der Waals surface area contributed by atoms with Crippen molar-refractivity contribution in [3.63, 3.8) is 0 Å². The summed E-state index contributed by atoms with van der Waals surface area (Å²) >= 11 is 5.85. The average molecular weight is 386 g/mol. The molecule has 27 heavy (non-hydrogen) atoms. The van der Waals surface area contributed by atoms with E-state index in [-0.39, 0.29) is 16.6 Å². The Morgan fingerprint density at radius 3 is 2.70 bits per heavy atom. The van der Waals surface area contributed by atoms with Crippen molar-refractivity contribution in [1.29, 1.82) is 0 Å². The SMILES string of the molecule is O=C(c1ccc(Cl)c([N+](=O)[O-])c1)N1CC[C@@H](N2CCc3ccccc3C2)C1. The first-order chi connectivity index (χ1) is 13.0. The third kappa shape index (κ3) is 3.55. The van der Waals surface area contributed by atoms with E-state index in [1.165, 1.54) is 23.3 Å². The third-order valence-corrected chi connectivity index (χ3v) is 5.84. The molecule has 2 aromatic carbocycles. The van der Waals surface area contributed by atoms with Crippen molar-refractivity contribution in [2.24, 2.45) is 0 Å². The first-order valence-corrected chi connectivity index (χ1v) is 9.45. The van der Waals surface area contributed by atoms with Crippen LogP contribution >= 0.6 is 11.6 Å². The second-order valence-electron chi connectivity index (χ2n) is 7.11. The van der Waals surface area contributed by atoms with Crippen molar-refractivity contribution < 1.29 is 9.72 Å². The van der Waals surface area contributed by atoms with Crippen LogP contribution in [0.25, 0.3) is 0 Å². The Labute approximate surface area is 162 Å². The third-order valence-electron chi connectivity index (χ3n) is 5.52. The summed E-state index contributed by atoms with van der Waals surface area (Å²) in [6, 6.07) is 13.1. The van der Waals surface area contributed by atoms with Gasteiger partial charge in [0.05, 0.1) is 4.92 Å². The van der Waals surface area contributed by atoms with Crippen LogP contribution in [0.4, 0.5) is 5.69 Å². The van der Waals surface area contributed by atoms with Crippen molar-refractivity contribution in [3.8, 4) is 0 Å². The van der Waals surface area contributed by atoms with Crippen LogP contribution in [-0.4, -0.2) is 46.3 Å². The van der Waals surface area contributed by atoms with Crippen LogP contribution in [0.5, 0.6) is 0 Å². The van der Waals surface area contributed by atoms with Crippen molar-refractivity contribution in [3.05, 3.63) is 74.3 Å². The number of likely N-dealkylation sites (tertiary alicyclic amines) is 1. The largest absolute Gasteiger partial charge is 0.337 e. The van der Waals surface area contributed by atoms with E-state index < -0.39 is 4.92 Å². The minimum atomic E-state index is -0.558. The highest BCUT2D eigenvalue weighted by molar-refractivity contribution is 6.32. The zero-order valence-corrected chi connectivity index (χ0v) is 15.6. The summed E-state index contributed by atoms with van der Waals surface area (Å²) in [4.78, 5) is 27.5. The van der Waals surface area contributed by atoms with E-state index in [1.54, 1.807) is 11.0 Å². The van der Waals surface area contributed by atoms with Crippen LogP contribution in [0.1, 0.15) is 27.9 Å². The lowest BCUT2D eigenvalue weighted by Crippen LogP contribution is -2.41. The lowest BCUT2D eigenvalue weighted by molar-refractivity contribution is -0.384. The monoisotopic (exact) mass is 385 g/mol. The Kier molecular flexibility index (Phi) is 4.85. The molecule has 2 heterocycles. The molecule has 1 atom stereocenters. The summed E-state index contributed by atoms with van der Waals surface area (Å²) in [6.45, 7) is 3.22. The standard InChI is InChI=1S/C20H20ClN3O3/c21-18-6-5-15(11-19(18)24(26)27)20(25)23-10-8-17(13-23)22-9-7-14-3-1-2-4-16(14)12-22/h1-6,11,17H,7-10,12-13H2/t17-/m1/s1. The van der Waals surface area contributed by atoms with Crippen LogP contribution in [0.3, 0.4) is 0 Å². The van der Waals surface area contributed by atoms with E-state index in [2.05, 4.69) is 29.2 Å². The van der Waals surface area contributed by atoms with Crippen LogP contribution in [-0.2, 0) is 13.0 Å². The average Bonchev–Trinajstić information content (AvgIpc) is 3.17. The molecule has 1 amide bonds. The molecule has 1 fully saturated rings. The number of amides is 1. The number of hydrogen-bond donors (Lipinski definition) is 0. The Hall–Kier alpha value is -2.44. The molecule has 0 spiro atoms. The van der Waals surface area contributed by atoms with Crippen molar-refractivity contribution in [2.45, 2.75) is 25.4 Å². The fourth-order valence-electron chi connectivity index (χ4n) is 4.02. The number of halogens is 1. The molecule has 1 saturated heterocycles. The molecule has 0 bridgehead atoms. The second kappa shape index (κ2) is 7.29. The van der Waals surface area contributed by atoms with Gasteiger partial charge in [0.25, 0.3) is 11.6 Å². The molecule has 2 aliphatic rings. The first kappa shape index (κ1) is 17.9. The summed E-state index contributed by atoms with van der Waals surface area (Å²) in [6.07, 6.45) is 1.95. The Balaban J connectivity index is 1.45.